The number of rotatable bonds is 3. The standard InChI is InChI=1S/C4H7NO3/c1-3-4(8-2)5(6)7/h3-4H,1H2,2H3. The number of ether oxygens (including phenoxy) is 1. The lowest BCUT2D eigenvalue weighted by Crippen LogP contribution is -2.17. The highest BCUT2D eigenvalue weighted by atomic mass is 16.7. The van der Waals surface area contributed by atoms with Crippen molar-refractivity contribution in [1.29, 1.82) is 0 Å². The van der Waals surface area contributed by atoms with Crippen LogP contribution in [0, 0.1) is 10.1 Å². The molecule has 0 aromatic rings. The van der Waals surface area contributed by atoms with Gasteiger partial charge in [-0.15, -0.1) is 0 Å². The summed E-state index contributed by atoms with van der Waals surface area (Å²) in [6.45, 7) is 3.19. The first-order valence-corrected chi connectivity index (χ1v) is 2.01. The molecule has 0 amide bonds. The predicted octanol–water partition coefficient (Wildman–Crippen LogP) is 0.422. The van der Waals surface area contributed by atoms with E-state index in [-0.39, 0.29) is 0 Å². The van der Waals surface area contributed by atoms with E-state index in [0.717, 1.165) is 6.08 Å². The zero-order chi connectivity index (χ0) is 6.57. The number of hydrogen-bond acceptors (Lipinski definition) is 3. The molecule has 1 unspecified atom stereocenters. The fourth-order valence-corrected chi connectivity index (χ4v) is 0.268. The van der Waals surface area contributed by atoms with Crippen LogP contribution < -0.4 is 0 Å². The van der Waals surface area contributed by atoms with Gasteiger partial charge in [0.25, 0.3) is 0 Å². The molecule has 0 heterocycles. The maximum atomic E-state index is 9.77. The smallest absolute Gasteiger partial charge is 0.317 e. The van der Waals surface area contributed by atoms with Crippen LogP contribution in [-0.4, -0.2) is 18.3 Å². The third kappa shape index (κ3) is 1.70. The topological polar surface area (TPSA) is 52.4 Å². The first-order chi connectivity index (χ1) is 3.72. The van der Waals surface area contributed by atoms with Gasteiger partial charge in [-0.2, -0.15) is 0 Å². The molecule has 46 valence electrons. The van der Waals surface area contributed by atoms with Crippen molar-refractivity contribution in [3.63, 3.8) is 0 Å². The molecule has 0 aromatic heterocycles. The van der Waals surface area contributed by atoms with Crippen LogP contribution >= 0.6 is 0 Å². The van der Waals surface area contributed by atoms with Gasteiger partial charge in [-0.25, -0.2) is 0 Å². The highest BCUT2D eigenvalue weighted by Gasteiger charge is 2.10. The van der Waals surface area contributed by atoms with E-state index in [1.807, 2.05) is 0 Å². The zero-order valence-electron chi connectivity index (χ0n) is 4.53. The Labute approximate surface area is 46.9 Å². The van der Waals surface area contributed by atoms with Gasteiger partial charge in [-0.05, 0) is 0 Å². The minimum absolute atomic E-state index is 0.562. The van der Waals surface area contributed by atoms with Gasteiger partial charge < -0.3 is 4.74 Å². The van der Waals surface area contributed by atoms with Crippen LogP contribution in [0.5, 0.6) is 0 Å². The highest BCUT2D eigenvalue weighted by Crippen LogP contribution is 1.88. The van der Waals surface area contributed by atoms with Crippen LogP contribution in [0.25, 0.3) is 0 Å². The average molecular weight is 117 g/mol. The summed E-state index contributed by atoms with van der Waals surface area (Å²) >= 11 is 0. The zero-order valence-corrected chi connectivity index (χ0v) is 4.53. The summed E-state index contributed by atoms with van der Waals surface area (Å²) in [7, 11) is 1.26. The summed E-state index contributed by atoms with van der Waals surface area (Å²) in [6.07, 6.45) is 0.0648. The van der Waals surface area contributed by atoms with Crippen molar-refractivity contribution in [2.24, 2.45) is 0 Å². The van der Waals surface area contributed by atoms with Gasteiger partial charge in [0.1, 0.15) is 0 Å². The van der Waals surface area contributed by atoms with E-state index >= 15 is 0 Å². The quantitative estimate of drug-likeness (QED) is 0.233. The van der Waals surface area contributed by atoms with Crippen LogP contribution in [0.2, 0.25) is 0 Å². The fourth-order valence-electron chi connectivity index (χ4n) is 0.268. The Morgan fingerprint density at radius 2 is 2.50 bits per heavy atom. The van der Waals surface area contributed by atoms with Crippen LogP contribution in [0.4, 0.5) is 0 Å². The number of methoxy groups -OCH3 is 1. The molecular formula is C4H7NO3. The molecule has 0 rings (SSSR count). The van der Waals surface area contributed by atoms with Crippen molar-refractivity contribution < 1.29 is 9.66 Å². The molecule has 8 heavy (non-hydrogen) atoms. The fraction of sp³-hybridized carbons (Fsp3) is 0.500. The maximum absolute atomic E-state index is 9.77. The molecule has 0 N–H and O–H groups in total. The van der Waals surface area contributed by atoms with E-state index in [4.69, 9.17) is 0 Å². The second-order valence-electron chi connectivity index (χ2n) is 1.15. The van der Waals surface area contributed by atoms with E-state index < -0.39 is 11.2 Å². The molecule has 0 fully saturated rings. The summed E-state index contributed by atoms with van der Waals surface area (Å²) < 4.78 is 4.34. The SMILES string of the molecule is C=CC(OC)[N+](=O)[O-]. The van der Waals surface area contributed by atoms with Crippen LogP contribution in [-0.2, 0) is 4.74 Å². The number of nitro groups is 1. The van der Waals surface area contributed by atoms with E-state index in [1.54, 1.807) is 0 Å². The molecule has 1 atom stereocenters. The molecule has 0 saturated carbocycles. The molecule has 0 aliphatic carbocycles. The molecule has 0 aliphatic heterocycles. The summed E-state index contributed by atoms with van der Waals surface area (Å²) in [5, 5.41) is 9.77. The second kappa shape index (κ2) is 3.15. The number of nitrogens with zero attached hydrogens (tertiary/aromatic N) is 1. The molecule has 4 heteroatoms. The van der Waals surface area contributed by atoms with Crippen molar-refractivity contribution >= 4 is 0 Å². The van der Waals surface area contributed by atoms with Crippen molar-refractivity contribution in [2.75, 3.05) is 7.11 Å². The van der Waals surface area contributed by atoms with Crippen LogP contribution in [0.1, 0.15) is 0 Å². The normalized spacial score (nSPS) is 12.6. The summed E-state index contributed by atoms with van der Waals surface area (Å²) in [6, 6.07) is 0. The Kier molecular flexibility index (Phi) is 2.79. The first-order valence-electron chi connectivity index (χ1n) is 2.01. The van der Waals surface area contributed by atoms with Crippen molar-refractivity contribution in [3.05, 3.63) is 22.8 Å². The van der Waals surface area contributed by atoms with Crippen molar-refractivity contribution in [2.45, 2.75) is 6.23 Å². The Morgan fingerprint density at radius 3 is 2.50 bits per heavy atom. The molecule has 0 spiro atoms. The third-order valence-electron chi connectivity index (χ3n) is 0.651. The lowest BCUT2D eigenvalue weighted by molar-refractivity contribution is -0.558. The second-order valence-corrected chi connectivity index (χ2v) is 1.15. The van der Waals surface area contributed by atoms with E-state index in [0.29, 0.717) is 0 Å². The lowest BCUT2D eigenvalue weighted by Gasteiger charge is -1.97. The highest BCUT2D eigenvalue weighted by molar-refractivity contribution is 4.69. The Hall–Kier alpha value is -0.900. The monoisotopic (exact) mass is 117 g/mol. The molecular weight excluding hydrogens is 110 g/mol. The number of hydrogen-bond donors (Lipinski definition) is 0. The Morgan fingerprint density at radius 1 is 2.00 bits per heavy atom. The van der Waals surface area contributed by atoms with E-state index in [9.17, 15) is 10.1 Å². The molecule has 4 nitrogen and oxygen atoms in total. The van der Waals surface area contributed by atoms with E-state index in [1.165, 1.54) is 7.11 Å². The predicted molar refractivity (Wildman–Crippen MR) is 28.0 cm³/mol. The summed E-state index contributed by atoms with van der Waals surface area (Å²) in [5.41, 5.74) is 0. The van der Waals surface area contributed by atoms with Gasteiger partial charge >= 0.3 is 6.23 Å². The van der Waals surface area contributed by atoms with Crippen molar-refractivity contribution in [3.8, 4) is 0 Å². The average Bonchev–Trinajstić information content (AvgIpc) is 1.69. The molecule has 0 aromatic carbocycles. The van der Waals surface area contributed by atoms with Crippen molar-refractivity contribution in [1.82, 2.24) is 0 Å². The Bertz CT molecular complexity index is 101. The molecule has 0 saturated heterocycles. The lowest BCUT2D eigenvalue weighted by atomic mass is 10.6. The minimum Gasteiger partial charge on any atom is -0.317 e. The summed E-state index contributed by atoms with van der Waals surface area (Å²) in [4.78, 5) is 9.21. The van der Waals surface area contributed by atoms with Gasteiger partial charge in [-0.1, -0.05) is 6.58 Å². The largest absolute Gasteiger partial charge is 0.334 e. The summed E-state index contributed by atoms with van der Waals surface area (Å²) in [5.74, 6) is 0. The van der Waals surface area contributed by atoms with Gasteiger partial charge in [0, 0.05) is 13.2 Å². The molecule has 0 radical (unpaired) electrons. The third-order valence-corrected chi connectivity index (χ3v) is 0.651. The minimum atomic E-state index is -1.06. The van der Waals surface area contributed by atoms with Gasteiger partial charge in [-0.3, -0.25) is 10.1 Å². The van der Waals surface area contributed by atoms with Gasteiger partial charge in [0.15, 0.2) is 0 Å². The van der Waals surface area contributed by atoms with Crippen LogP contribution in [0.15, 0.2) is 12.7 Å². The van der Waals surface area contributed by atoms with Gasteiger partial charge in [0.2, 0.25) is 0 Å². The maximum Gasteiger partial charge on any atom is 0.334 e. The van der Waals surface area contributed by atoms with Crippen LogP contribution in [0.3, 0.4) is 0 Å². The molecule has 0 bridgehead atoms. The van der Waals surface area contributed by atoms with E-state index in [2.05, 4.69) is 11.3 Å². The first kappa shape index (κ1) is 7.10. The molecule has 0 aliphatic rings. The Balaban J connectivity index is 3.69. The van der Waals surface area contributed by atoms with Gasteiger partial charge in [0.05, 0.1) is 4.92 Å².